The van der Waals surface area contributed by atoms with Gasteiger partial charge in [-0.05, 0) is 30.7 Å². The number of nitrogens with zero attached hydrogens (tertiary/aromatic N) is 1. The molecule has 1 aromatic carbocycles. The molecule has 0 fully saturated rings. The van der Waals surface area contributed by atoms with Crippen LogP contribution < -0.4 is 10.5 Å². The number of benzene rings is 1. The molecule has 1 heterocycles. The number of nitrogen functional groups attached to an aromatic ring is 1. The van der Waals surface area contributed by atoms with Crippen LogP contribution in [0, 0.1) is 6.92 Å². The third-order valence-electron chi connectivity index (χ3n) is 2.71. The maximum Gasteiger partial charge on any atom is 0.240 e. The maximum atomic E-state index is 12.1. The van der Waals surface area contributed by atoms with Gasteiger partial charge in [0.15, 0.2) is 0 Å². The highest BCUT2D eigenvalue weighted by Crippen LogP contribution is 2.16. The van der Waals surface area contributed by atoms with Crippen molar-refractivity contribution in [2.24, 2.45) is 0 Å². The largest absolute Gasteiger partial charge is 0.399 e. The Hall–Kier alpha value is -1.44. The van der Waals surface area contributed by atoms with E-state index < -0.39 is 10.0 Å². The van der Waals surface area contributed by atoms with E-state index in [1.165, 1.54) is 17.4 Å². The zero-order valence-corrected chi connectivity index (χ0v) is 12.1. The van der Waals surface area contributed by atoms with E-state index in [0.717, 1.165) is 11.3 Å². The molecule has 0 bridgehead atoms. The van der Waals surface area contributed by atoms with Crippen molar-refractivity contribution < 1.29 is 8.42 Å². The molecule has 0 aliphatic rings. The lowest BCUT2D eigenvalue weighted by Crippen LogP contribution is -2.26. The van der Waals surface area contributed by atoms with Crippen molar-refractivity contribution >= 4 is 27.0 Å². The SMILES string of the molecule is Cc1cc(S(=O)(=O)NCCc2cscn2)ccc1N. The second-order valence-electron chi connectivity index (χ2n) is 4.15. The quantitative estimate of drug-likeness (QED) is 0.820. The van der Waals surface area contributed by atoms with E-state index >= 15 is 0 Å². The summed E-state index contributed by atoms with van der Waals surface area (Å²) in [5.74, 6) is 0. The molecule has 102 valence electrons. The first-order valence-electron chi connectivity index (χ1n) is 5.72. The molecule has 0 saturated carbocycles. The number of nitrogens with two attached hydrogens (primary N) is 1. The molecule has 1 aromatic heterocycles. The van der Waals surface area contributed by atoms with Gasteiger partial charge >= 0.3 is 0 Å². The van der Waals surface area contributed by atoms with Gasteiger partial charge in [0.25, 0.3) is 0 Å². The van der Waals surface area contributed by atoms with Crippen molar-refractivity contribution in [3.8, 4) is 0 Å². The molecule has 0 aliphatic carbocycles. The maximum absolute atomic E-state index is 12.1. The second-order valence-corrected chi connectivity index (χ2v) is 6.63. The summed E-state index contributed by atoms with van der Waals surface area (Å²) in [6.07, 6.45) is 0.580. The van der Waals surface area contributed by atoms with Crippen molar-refractivity contribution in [2.45, 2.75) is 18.2 Å². The molecule has 0 atom stereocenters. The average Bonchev–Trinajstić information content (AvgIpc) is 2.85. The summed E-state index contributed by atoms with van der Waals surface area (Å²) in [6, 6.07) is 4.68. The number of rotatable bonds is 5. The van der Waals surface area contributed by atoms with Crippen LogP contribution in [0.5, 0.6) is 0 Å². The van der Waals surface area contributed by atoms with Gasteiger partial charge < -0.3 is 5.73 Å². The molecule has 2 aromatic rings. The van der Waals surface area contributed by atoms with E-state index in [-0.39, 0.29) is 4.90 Å². The fourth-order valence-corrected chi connectivity index (χ4v) is 3.28. The van der Waals surface area contributed by atoms with Gasteiger partial charge in [-0.25, -0.2) is 18.1 Å². The minimum absolute atomic E-state index is 0.234. The van der Waals surface area contributed by atoms with Gasteiger partial charge in [0.1, 0.15) is 0 Å². The smallest absolute Gasteiger partial charge is 0.240 e. The summed E-state index contributed by atoms with van der Waals surface area (Å²) < 4.78 is 26.7. The summed E-state index contributed by atoms with van der Waals surface area (Å²) in [5, 5.41) is 1.90. The minimum atomic E-state index is -3.48. The highest BCUT2D eigenvalue weighted by atomic mass is 32.2. The van der Waals surface area contributed by atoms with Crippen molar-refractivity contribution in [2.75, 3.05) is 12.3 Å². The number of nitrogens with one attached hydrogen (secondary N) is 1. The lowest BCUT2D eigenvalue weighted by Gasteiger charge is -2.08. The molecule has 7 heteroatoms. The van der Waals surface area contributed by atoms with Crippen molar-refractivity contribution in [1.82, 2.24) is 9.71 Å². The number of aryl methyl sites for hydroxylation is 1. The van der Waals surface area contributed by atoms with Crippen LogP contribution in [0.4, 0.5) is 5.69 Å². The fraction of sp³-hybridized carbons (Fsp3) is 0.250. The third kappa shape index (κ3) is 3.52. The second kappa shape index (κ2) is 5.68. The van der Waals surface area contributed by atoms with E-state index in [9.17, 15) is 8.42 Å². The van der Waals surface area contributed by atoms with Crippen molar-refractivity contribution in [1.29, 1.82) is 0 Å². The summed E-state index contributed by atoms with van der Waals surface area (Å²) in [4.78, 5) is 4.34. The molecule has 5 nitrogen and oxygen atoms in total. The van der Waals surface area contributed by atoms with Gasteiger partial charge in [0.05, 0.1) is 16.1 Å². The van der Waals surface area contributed by atoms with Crippen molar-refractivity contribution in [3.05, 3.63) is 40.3 Å². The zero-order valence-electron chi connectivity index (χ0n) is 10.5. The van der Waals surface area contributed by atoms with E-state index in [4.69, 9.17) is 5.73 Å². The predicted molar refractivity (Wildman–Crippen MR) is 76.6 cm³/mol. The fourth-order valence-electron chi connectivity index (χ4n) is 1.57. The van der Waals surface area contributed by atoms with Crippen LogP contribution in [0.2, 0.25) is 0 Å². The molecule has 0 amide bonds. The molecule has 0 unspecified atom stereocenters. The minimum Gasteiger partial charge on any atom is -0.399 e. The molecule has 3 N–H and O–H groups in total. The number of aromatic nitrogens is 1. The van der Waals surface area contributed by atoms with Gasteiger partial charge in [-0.15, -0.1) is 11.3 Å². The Morgan fingerprint density at radius 1 is 1.42 bits per heavy atom. The number of thiazole rings is 1. The number of sulfonamides is 1. The van der Waals surface area contributed by atoms with E-state index in [0.29, 0.717) is 18.7 Å². The Balaban J connectivity index is 2.03. The first-order chi connectivity index (χ1) is 8.99. The van der Waals surface area contributed by atoms with Crippen LogP contribution >= 0.6 is 11.3 Å². The summed E-state index contributed by atoms with van der Waals surface area (Å²) in [6.45, 7) is 2.11. The third-order valence-corrected chi connectivity index (χ3v) is 4.80. The molecule has 2 rings (SSSR count). The summed E-state index contributed by atoms with van der Waals surface area (Å²) >= 11 is 1.50. The molecule has 0 spiro atoms. The Labute approximate surface area is 116 Å². The first kappa shape index (κ1) is 14.0. The van der Waals surface area contributed by atoms with Gasteiger partial charge in [-0.2, -0.15) is 0 Å². The molecule has 19 heavy (non-hydrogen) atoms. The van der Waals surface area contributed by atoms with Gasteiger partial charge in [0.2, 0.25) is 10.0 Å². The number of anilines is 1. The molecule has 0 aliphatic heterocycles. The lowest BCUT2D eigenvalue weighted by molar-refractivity contribution is 0.581. The topological polar surface area (TPSA) is 85.1 Å². The Bertz CT molecular complexity index is 652. The first-order valence-corrected chi connectivity index (χ1v) is 8.14. The number of hydrogen-bond acceptors (Lipinski definition) is 5. The van der Waals surface area contributed by atoms with E-state index in [1.807, 2.05) is 5.38 Å². The van der Waals surface area contributed by atoms with Crippen molar-refractivity contribution in [3.63, 3.8) is 0 Å². The van der Waals surface area contributed by atoms with Gasteiger partial charge in [0, 0.05) is 24.0 Å². The van der Waals surface area contributed by atoms with E-state index in [1.54, 1.807) is 24.6 Å². The monoisotopic (exact) mass is 297 g/mol. The molecule has 0 radical (unpaired) electrons. The predicted octanol–water partition coefficient (Wildman–Crippen LogP) is 1.55. The Morgan fingerprint density at radius 3 is 2.84 bits per heavy atom. The molecule has 0 saturated heterocycles. The van der Waals surface area contributed by atoms with Crippen LogP contribution in [0.1, 0.15) is 11.3 Å². The Kier molecular flexibility index (Phi) is 4.18. The van der Waals surface area contributed by atoms with Crippen LogP contribution in [-0.2, 0) is 16.4 Å². The van der Waals surface area contributed by atoms with Gasteiger partial charge in [-0.1, -0.05) is 0 Å². The van der Waals surface area contributed by atoms with Crippen LogP contribution in [0.3, 0.4) is 0 Å². The normalized spacial score (nSPS) is 11.6. The summed E-state index contributed by atoms with van der Waals surface area (Å²) in [7, 11) is -3.48. The average molecular weight is 297 g/mol. The van der Waals surface area contributed by atoms with Crippen LogP contribution in [0.15, 0.2) is 34.0 Å². The summed E-state index contributed by atoms with van der Waals surface area (Å²) in [5.41, 5.74) is 9.63. The zero-order chi connectivity index (χ0) is 13.9. The number of hydrogen-bond donors (Lipinski definition) is 2. The Morgan fingerprint density at radius 2 is 2.21 bits per heavy atom. The standard InChI is InChI=1S/C12H15N3O2S2/c1-9-6-11(2-3-12(9)13)19(16,17)15-5-4-10-7-18-8-14-10/h2-3,6-8,15H,4-5,13H2,1H3. The van der Waals surface area contributed by atoms with Gasteiger partial charge in [-0.3, -0.25) is 0 Å². The highest BCUT2D eigenvalue weighted by molar-refractivity contribution is 7.89. The molecular weight excluding hydrogens is 282 g/mol. The molecular formula is C12H15N3O2S2. The highest BCUT2D eigenvalue weighted by Gasteiger charge is 2.14. The van der Waals surface area contributed by atoms with Crippen LogP contribution in [-0.4, -0.2) is 19.9 Å². The van der Waals surface area contributed by atoms with Crippen LogP contribution in [0.25, 0.3) is 0 Å². The van der Waals surface area contributed by atoms with E-state index in [2.05, 4.69) is 9.71 Å². The lowest BCUT2D eigenvalue weighted by atomic mass is 10.2.